The number of pyridine rings is 1. The minimum Gasteiger partial charge on any atom is -0.414 e. The predicted molar refractivity (Wildman–Crippen MR) is 104 cm³/mol. The van der Waals surface area contributed by atoms with Gasteiger partial charge in [-0.05, 0) is 43.8 Å². The number of halogens is 1. The van der Waals surface area contributed by atoms with Gasteiger partial charge in [-0.2, -0.15) is 0 Å². The van der Waals surface area contributed by atoms with E-state index in [-0.39, 0.29) is 27.9 Å². The molecule has 0 saturated heterocycles. The van der Waals surface area contributed by atoms with Crippen LogP contribution in [0, 0.1) is 10.1 Å². The maximum atomic E-state index is 11.2. The Balaban J connectivity index is 1.94. The molecule has 8 heteroatoms. The molecule has 0 bridgehead atoms. The van der Waals surface area contributed by atoms with Crippen molar-refractivity contribution in [2.75, 3.05) is 5.32 Å². The second-order valence-corrected chi connectivity index (χ2v) is 13.5. The number of hydrogen-bond donors (Lipinski definition) is 1. The fourth-order valence-electron chi connectivity index (χ4n) is 2.79. The summed E-state index contributed by atoms with van der Waals surface area (Å²) >= 11 is 5.81. The van der Waals surface area contributed by atoms with Crippen LogP contribution in [0.5, 0.6) is 0 Å². The molecule has 1 fully saturated rings. The monoisotopic (exact) mass is 385 g/mol. The van der Waals surface area contributed by atoms with Crippen molar-refractivity contribution in [3.63, 3.8) is 0 Å². The first kappa shape index (κ1) is 20.1. The highest BCUT2D eigenvalue weighted by Gasteiger charge is 2.39. The van der Waals surface area contributed by atoms with E-state index in [1.165, 1.54) is 12.3 Å². The van der Waals surface area contributed by atoms with Gasteiger partial charge >= 0.3 is 5.69 Å². The van der Waals surface area contributed by atoms with Crippen LogP contribution in [0.1, 0.15) is 46.5 Å². The Morgan fingerprint density at radius 1 is 1.32 bits per heavy atom. The number of nitrogens with zero attached hydrogens (tertiary/aromatic N) is 2. The van der Waals surface area contributed by atoms with E-state index in [1.54, 1.807) is 0 Å². The van der Waals surface area contributed by atoms with Gasteiger partial charge in [-0.3, -0.25) is 10.1 Å². The third kappa shape index (κ3) is 5.15. The van der Waals surface area contributed by atoms with Gasteiger partial charge in [-0.15, -0.1) is 0 Å². The van der Waals surface area contributed by atoms with Gasteiger partial charge < -0.3 is 9.74 Å². The van der Waals surface area contributed by atoms with E-state index in [2.05, 4.69) is 44.2 Å². The molecule has 0 atom stereocenters. The third-order valence-electron chi connectivity index (χ3n) is 5.31. The van der Waals surface area contributed by atoms with E-state index < -0.39 is 13.2 Å². The van der Waals surface area contributed by atoms with Crippen LogP contribution in [-0.4, -0.2) is 30.4 Å². The molecule has 2 rings (SSSR count). The first-order valence-corrected chi connectivity index (χ1v) is 12.0. The van der Waals surface area contributed by atoms with Crippen LogP contribution in [0.4, 0.5) is 11.5 Å². The molecule has 1 saturated carbocycles. The summed E-state index contributed by atoms with van der Waals surface area (Å²) in [6.45, 7) is 11.3. The zero-order valence-corrected chi connectivity index (χ0v) is 17.4. The largest absolute Gasteiger partial charge is 0.414 e. The van der Waals surface area contributed by atoms with Gasteiger partial charge in [-0.1, -0.05) is 32.4 Å². The molecule has 1 aliphatic rings. The topological polar surface area (TPSA) is 77.3 Å². The lowest BCUT2D eigenvalue weighted by atomic mass is 9.93. The molecular weight excluding hydrogens is 358 g/mol. The lowest BCUT2D eigenvalue weighted by Crippen LogP contribution is -2.45. The molecule has 0 spiro atoms. The van der Waals surface area contributed by atoms with Crippen LogP contribution in [0.2, 0.25) is 23.2 Å². The molecule has 140 valence electrons. The number of rotatable bonds is 5. The van der Waals surface area contributed by atoms with Crippen molar-refractivity contribution in [2.24, 2.45) is 0 Å². The molecule has 0 unspecified atom stereocenters. The molecule has 1 aromatic heterocycles. The van der Waals surface area contributed by atoms with E-state index in [1.807, 2.05) is 0 Å². The van der Waals surface area contributed by atoms with Gasteiger partial charge in [0, 0.05) is 24.4 Å². The highest BCUT2D eigenvalue weighted by molar-refractivity contribution is 6.74. The molecule has 1 aromatic rings. The lowest BCUT2D eigenvalue weighted by Gasteiger charge is -2.41. The van der Waals surface area contributed by atoms with Crippen molar-refractivity contribution in [3.8, 4) is 0 Å². The third-order valence-corrected chi connectivity index (χ3v) is 10.1. The maximum absolute atomic E-state index is 11.2. The minimum absolute atomic E-state index is 0.0767. The molecular formula is C17H28ClN3O3Si. The smallest absolute Gasteiger partial charge is 0.312 e. The lowest BCUT2D eigenvalue weighted by molar-refractivity contribution is -0.384. The van der Waals surface area contributed by atoms with Crippen molar-refractivity contribution in [3.05, 3.63) is 27.4 Å². The maximum Gasteiger partial charge on any atom is 0.312 e. The summed E-state index contributed by atoms with van der Waals surface area (Å²) in [4.78, 5) is 14.8. The summed E-state index contributed by atoms with van der Waals surface area (Å²) in [5.74, 6) is 0.295. The van der Waals surface area contributed by atoms with Crippen molar-refractivity contribution >= 4 is 31.4 Å². The fraction of sp³-hybridized carbons (Fsp3) is 0.706. The zero-order chi connectivity index (χ0) is 18.8. The Morgan fingerprint density at radius 2 is 1.92 bits per heavy atom. The van der Waals surface area contributed by atoms with Crippen molar-refractivity contribution < 1.29 is 9.35 Å². The molecule has 0 radical (unpaired) electrons. The molecule has 1 N–H and O–H groups in total. The van der Waals surface area contributed by atoms with Crippen LogP contribution in [0.3, 0.4) is 0 Å². The van der Waals surface area contributed by atoms with Gasteiger partial charge in [0.2, 0.25) is 5.82 Å². The average Bonchev–Trinajstić information content (AvgIpc) is 2.49. The number of nitro groups is 1. The Labute approximate surface area is 155 Å². The Kier molecular flexibility index (Phi) is 6.12. The number of aromatic nitrogens is 1. The zero-order valence-electron chi connectivity index (χ0n) is 15.6. The molecule has 1 aliphatic carbocycles. The van der Waals surface area contributed by atoms with Crippen molar-refractivity contribution in [2.45, 2.75) is 76.7 Å². The van der Waals surface area contributed by atoms with Crippen LogP contribution in [-0.2, 0) is 4.43 Å². The summed E-state index contributed by atoms with van der Waals surface area (Å²) in [5.41, 5.74) is -0.0767. The van der Waals surface area contributed by atoms with Crippen molar-refractivity contribution in [1.29, 1.82) is 0 Å². The Bertz CT molecular complexity index is 626. The van der Waals surface area contributed by atoms with Gasteiger partial charge in [0.1, 0.15) is 0 Å². The van der Waals surface area contributed by atoms with Gasteiger partial charge in [0.05, 0.1) is 9.95 Å². The standard InChI is InChI=1S/C17H28ClN3O3Si/c1-17(2,3)25(4,5)24-14-8-6-13(7-9-14)20-16-15(21(22)23)10-12(18)11-19-16/h10-11,13-14H,6-9H2,1-5H3,(H,19,20). The van der Waals surface area contributed by atoms with Crippen LogP contribution < -0.4 is 5.32 Å². The average molecular weight is 386 g/mol. The molecule has 25 heavy (non-hydrogen) atoms. The quantitative estimate of drug-likeness (QED) is 0.417. The van der Waals surface area contributed by atoms with E-state index in [9.17, 15) is 10.1 Å². The van der Waals surface area contributed by atoms with Gasteiger partial charge in [-0.25, -0.2) is 4.98 Å². The Hall–Kier alpha value is -1.18. The molecule has 0 aliphatic heterocycles. The van der Waals surface area contributed by atoms with Gasteiger partial charge in [0.15, 0.2) is 8.32 Å². The minimum atomic E-state index is -1.76. The first-order chi connectivity index (χ1) is 11.5. The predicted octanol–water partition coefficient (Wildman–Crippen LogP) is 5.39. The second-order valence-electron chi connectivity index (χ2n) is 8.27. The van der Waals surface area contributed by atoms with Gasteiger partial charge in [0.25, 0.3) is 0 Å². The highest BCUT2D eigenvalue weighted by Crippen LogP contribution is 2.39. The highest BCUT2D eigenvalue weighted by atomic mass is 35.5. The normalized spacial score (nSPS) is 21.8. The second kappa shape index (κ2) is 7.59. The fourth-order valence-corrected chi connectivity index (χ4v) is 4.37. The van der Waals surface area contributed by atoms with Crippen molar-refractivity contribution in [1.82, 2.24) is 4.98 Å². The Morgan fingerprint density at radius 3 is 2.44 bits per heavy atom. The number of anilines is 1. The van der Waals surface area contributed by atoms with Crippen LogP contribution in [0.25, 0.3) is 0 Å². The molecule has 6 nitrogen and oxygen atoms in total. The summed E-state index contributed by atoms with van der Waals surface area (Å²) in [6.07, 6.45) is 5.48. The van der Waals surface area contributed by atoms with Crippen LogP contribution >= 0.6 is 11.6 Å². The summed E-state index contributed by atoms with van der Waals surface area (Å²) in [6, 6.07) is 1.51. The SMILES string of the molecule is CC(C)(C)[Si](C)(C)OC1CCC(Nc2ncc(Cl)cc2[N+](=O)[O-])CC1. The van der Waals surface area contributed by atoms with Crippen LogP contribution in [0.15, 0.2) is 12.3 Å². The summed E-state index contributed by atoms with van der Waals surface area (Å²) < 4.78 is 6.49. The van der Waals surface area contributed by atoms with E-state index >= 15 is 0 Å². The molecule has 0 aromatic carbocycles. The van der Waals surface area contributed by atoms with E-state index in [0.717, 1.165) is 25.7 Å². The molecule has 0 amide bonds. The van der Waals surface area contributed by atoms with E-state index in [0.29, 0.717) is 5.82 Å². The number of nitrogens with one attached hydrogen (secondary N) is 1. The summed E-state index contributed by atoms with van der Waals surface area (Å²) in [7, 11) is -1.76. The first-order valence-electron chi connectivity index (χ1n) is 8.74. The summed E-state index contributed by atoms with van der Waals surface area (Å²) in [5, 5.41) is 14.9. The number of hydrogen-bond acceptors (Lipinski definition) is 5. The molecule has 1 heterocycles. The van der Waals surface area contributed by atoms with E-state index in [4.69, 9.17) is 16.0 Å².